The van der Waals surface area contributed by atoms with Gasteiger partial charge in [-0.1, -0.05) is 30.3 Å². The number of para-hydroxylation sites is 1. The third-order valence-electron chi connectivity index (χ3n) is 6.92. The fourth-order valence-electron chi connectivity index (χ4n) is 5.43. The van der Waals surface area contributed by atoms with Crippen LogP contribution < -0.4 is 21.1 Å². The highest BCUT2D eigenvalue weighted by atomic mass is 16.5. The molecule has 2 aromatic carbocycles. The summed E-state index contributed by atoms with van der Waals surface area (Å²) >= 11 is 0. The van der Waals surface area contributed by atoms with Crippen molar-refractivity contribution in [1.82, 2.24) is 10.2 Å². The van der Waals surface area contributed by atoms with Crippen molar-refractivity contribution in [2.75, 3.05) is 12.4 Å². The van der Waals surface area contributed by atoms with Gasteiger partial charge >= 0.3 is 0 Å². The summed E-state index contributed by atoms with van der Waals surface area (Å²) in [7, 11) is 1.56. The van der Waals surface area contributed by atoms with Crippen molar-refractivity contribution < 1.29 is 23.9 Å². The molecule has 4 amide bonds. The highest BCUT2D eigenvalue weighted by Crippen LogP contribution is 2.53. The van der Waals surface area contributed by atoms with Crippen LogP contribution in [0.5, 0.6) is 5.75 Å². The van der Waals surface area contributed by atoms with E-state index in [1.807, 2.05) is 0 Å². The number of rotatable bonds is 6. The standard InChI is InChI=1S/C24H24N4O5/c1-33-14-8-6-13(7-9-14)12-28-21(30)19-17(10-11-18(25)29)27-24(20(19)22(28)31)15-4-2-3-5-16(15)26-23(24)32/h2-9,17,19-20,27H,10-12H2,1H3,(H2,25,29)(H,26,32)/t17-,19-,20-,24-/m0/s1. The second-order valence-electron chi connectivity index (χ2n) is 8.68. The molecule has 4 N–H and O–H groups in total. The predicted molar refractivity (Wildman–Crippen MR) is 118 cm³/mol. The lowest BCUT2D eigenvalue weighted by molar-refractivity contribution is -0.143. The van der Waals surface area contributed by atoms with E-state index >= 15 is 0 Å². The Balaban J connectivity index is 1.54. The van der Waals surface area contributed by atoms with E-state index in [0.717, 1.165) is 5.56 Å². The largest absolute Gasteiger partial charge is 0.497 e. The first-order chi connectivity index (χ1) is 15.9. The van der Waals surface area contributed by atoms with E-state index in [1.165, 1.54) is 4.90 Å². The monoisotopic (exact) mass is 448 g/mol. The van der Waals surface area contributed by atoms with E-state index in [2.05, 4.69) is 10.6 Å². The molecule has 0 radical (unpaired) electrons. The van der Waals surface area contributed by atoms with Crippen LogP contribution in [0.4, 0.5) is 5.69 Å². The number of nitrogens with zero attached hydrogens (tertiary/aromatic N) is 1. The van der Waals surface area contributed by atoms with Crippen molar-refractivity contribution in [3.8, 4) is 5.75 Å². The summed E-state index contributed by atoms with van der Waals surface area (Å²) in [6, 6.07) is 13.7. The van der Waals surface area contributed by atoms with Crippen LogP contribution in [-0.4, -0.2) is 41.7 Å². The number of likely N-dealkylation sites (tertiary alicyclic amines) is 1. The summed E-state index contributed by atoms with van der Waals surface area (Å²) in [6.45, 7) is 0.0938. The molecule has 0 saturated carbocycles. The Morgan fingerprint density at radius 1 is 1.09 bits per heavy atom. The zero-order chi connectivity index (χ0) is 23.3. The number of carbonyl (C=O) groups is 4. The van der Waals surface area contributed by atoms with Gasteiger partial charge in [0, 0.05) is 23.7 Å². The van der Waals surface area contributed by atoms with Crippen LogP contribution in [0.15, 0.2) is 48.5 Å². The van der Waals surface area contributed by atoms with Crippen molar-refractivity contribution in [3.63, 3.8) is 0 Å². The normalized spacial score (nSPS) is 27.6. The number of nitrogens with two attached hydrogens (primary N) is 1. The number of hydrogen-bond donors (Lipinski definition) is 3. The second kappa shape index (κ2) is 7.70. The van der Waals surface area contributed by atoms with Gasteiger partial charge in [-0.2, -0.15) is 0 Å². The Bertz CT molecular complexity index is 1160. The quantitative estimate of drug-likeness (QED) is 0.563. The van der Waals surface area contributed by atoms with Crippen LogP contribution in [0, 0.1) is 11.8 Å². The van der Waals surface area contributed by atoms with E-state index in [9.17, 15) is 19.2 Å². The molecule has 3 heterocycles. The van der Waals surface area contributed by atoms with Gasteiger partial charge in [0.25, 0.3) is 0 Å². The number of primary amides is 1. The summed E-state index contributed by atoms with van der Waals surface area (Å²) in [6.07, 6.45) is 0.295. The minimum absolute atomic E-state index is 0.0418. The molecule has 0 bridgehead atoms. The highest BCUT2D eigenvalue weighted by molar-refractivity contribution is 6.15. The van der Waals surface area contributed by atoms with Crippen molar-refractivity contribution in [3.05, 3.63) is 59.7 Å². The van der Waals surface area contributed by atoms with Gasteiger partial charge in [-0.25, -0.2) is 0 Å². The second-order valence-corrected chi connectivity index (χ2v) is 8.68. The lowest BCUT2D eigenvalue weighted by atomic mass is 9.76. The topological polar surface area (TPSA) is 131 Å². The molecule has 0 aromatic heterocycles. The fraction of sp³-hybridized carbons (Fsp3) is 0.333. The number of benzene rings is 2. The smallest absolute Gasteiger partial charge is 0.250 e. The van der Waals surface area contributed by atoms with Gasteiger partial charge in [-0.15, -0.1) is 0 Å². The first kappa shape index (κ1) is 21.1. The molecular formula is C24H24N4O5. The number of anilines is 1. The summed E-state index contributed by atoms with van der Waals surface area (Å²) in [5.74, 6) is -2.64. The van der Waals surface area contributed by atoms with Crippen LogP contribution in [0.3, 0.4) is 0 Å². The number of methoxy groups -OCH3 is 1. The number of amides is 4. The Hall–Kier alpha value is -3.72. The van der Waals surface area contributed by atoms with Crippen LogP contribution in [-0.2, 0) is 31.3 Å². The zero-order valence-corrected chi connectivity index (χ0v) is 18.0. The van der Waals surface area contributed by atoms with Gasteiger partial charge in [0.1, 0.15) is 11.3 Å². The minimum atomic E-state index is -1.37. The molecule has 3 aliphatic heterocycles. The van der Waals surface area contributed by atoms with Crippen LogP contribution in [0.1, 0.15) is 24.0 Å². The molecule has 1 spiro atoms. The maximum Gasteiger partial charge on any atom is 0.250 e. The fourth-order valence-corrected chi connectivity index (χ4v) is 5.43. The number of hydrogen-bond acceptors (Lipinski definition) is 6. The number of nitrogens with one attached hydrogen (secondary N) is 2. The van der Waals surface area contributed by atoms with E-state index in [-0.39, 0.29) is 31.2 Å². The summed E-state index contributed by atoms with van der Waals surface area (Å²) < 4.78 is 5.17. The molecule has 170 valence electrons. The van der Waals surface area contributed by atoms with Gasteiger partial charge in [-0.3, -0.25) is 29.4 Å². The van der Waals surface area contributed by atoms with Crippen molar-refractivity contribution in [2.45, 2.75) is 31.0 Å². The van der Waals surface area contributed by atoms with Crippen molar-refractivity contribution >= 4 is 29.3 Å². The molecule has 4 atom stereocenters. The Morgan fingerprint density at radius 2 is 1.82 bits per heavy atom. The average molecular weight is 448 g/mol. The molecule has 9 heteroatoms. The Labute approximate surface area is 190 Å². The molecule has 3 aliphatic rings. The molecule has 2 saturated heterocycles. The van der Waals surface area contributed by atoms with Crippen LogP contribution in [0.2, 0.25) is 0 Å². The first-order valence-corrected chi connectivity index (χ1v) is 10.8. The third kappa shape index (κ3) is 3.11. The van der Waals surface area contributed by atoms with Gasteiger partial charge in [0.15, 0.2) is 0 Å². The SMILES string of the molecule is COc1ccc(CN2C(=O)[C@H]3[C@H](CCC(N)=O)N[C@]4(C(=O)Nc5ccccc54)[C@@H]3C2=O)cc1. The summed E-state index contributed by atoms with van der Waals surface area (Å²) in [5.41, 5.74) is 6.00. The van der Waals surface area contributed by atoms with Crippen molar-refractivity contribution in [2.24, 2.45) is 17.6 Å². The Kier molecular flexibility index (Phi) is 4.93. The molecule has 5 rings (SSSR count). The number of carbonyl (C=O) groups excluding carboxylic acids is 4. The van der Waals surface area contributed by atoms with Gasteiger partial charge in [0.05, 0.1) is 25.5 Å². The van der Waals surface area contributed by atoms with Gasteiger partial charge < -0.3 is 15.8 Å². The van der Waals surface area contributed by atoms with E-state index in [0.29, 0.717) is 17.0 Å². The lowest BCUT2D eigenvalue weighted by Crippen LogP contribution is -2.53. The zero-order valence-electron chi connectivity index (χ0n) is 18.0. The lowest BCUT2D eigenvalue weighted by Gasteiger charge is -2.29. The number of fused-ring (bicyclic) bond motifs is 4. The number of imide groups is 1. The van der Waals surface area contributed by atoms with Crippen LogP contribution >= 0.6 is 0 Å². The first-order valence-electron chi connectivity index (χ1n) is 10.8. The van der Waals surface area contributed by atoms with E-state index in [1.54, 1.807) is 55.6 Å². The molecular weight excluding hydrogens is 424 g/mol. The van der Waals surface area contributed by atoms with E-state index in [4.69, 9.17) is 10.5 Å². The molecule has 0 unspecified atom stereocenters. The molecule has 2 fully saturated rings. The molecule has 0 aliphatic carbocycles. The van der Waals surface area contributed by atoms with Crippen molar-refractivity contribution in [1.29, 1.82) is 0 Å². The molecule has 2 aromatic rings. The third-order valence-corrected chi connectivity index (χ3v) is 6.92. The minimum Gasteiger partial charge on any atom is -0.497 e. The molecule has 9 nitrogen and oxygen atoms in total. The highest BCUT2D eigenvalue weighted by Gasteiger charge is 2.70. The average Bonchev–Trinajstić information content (AvgIpc) is 3.39. The molecule has 33 heavy (non-hydrogen) atoms. The van der Waals surface area contributed by atoms with Gasteiger partial charge in [-0.05, 0) is 30.2 Å². The van der Waals surface area contributed by atoms with Gasteiger partial charge in [0.2, 0.25) is 23.6 Å². The predicted octanol–water partition coefficient (Wildman–Crippen LogP) is 0.881. The number of ether oxygens (including phenoxy) is 1. The maximum absolute atomic E-state index is 13.7. The summed E-state index contributed by atoms with van der Waals surface area (Å²) in [5, 5.41) is 6.14. The Morgan fingerprint density at radius 3 is 2.52 bits per heavy atom. The van der Waals surface area contributed by atoms with Crippen LogP contribution in [0.25, 0.3) is 0 Å². The van der Waals surface area contributed by atoms with E-state index < -0.39 is 35.2 Å². The summed E-state index contributed by atoms with van der Waals surface area (Å²) in [4.78, 5) is 53.2. The maximum atomic E-state index is 13.7.